The molecule has 0 aromatic rings. The van der Waals surface area contributed by atoms with E-state index in [1.807, 2.05) is 12.2 Å². The maximum atomic E-state index is 12.2. The Hall–Kier alpha value is -1.46. The summed E-state index contributed by atoms with van der Waals surface area (Å²) in [6, 6.07) is 0. The van der Waals surface area contributed by atoms with Crippen molar-refractivity contribution >= 4 is 11.8 Å². The summed E-state index contributed by atoms with van der Waals surface area (Å²) in [5.74, 6) is -1.33. The first-order chi connectivity index (χ1) is 12.3. The van der Waals surface area contributed by atoms with E-state index in [-0.39, 0.29) is 30.5 Å². The Kier molecular flexibility index (Phi) is 9.81. The SMILES string of the molecule is CCCCC[C@](C)(O)/C=C\[C@H]1C(=O)C[C@H](O)[C@@H]1C/C=C\CCCC(=O)O. The Morgan fingerprint density at radius 2 is 2.00 bits per heavy atom. The van der Waals surface area contributed by atoms with E-state index in [4.69, 9.17) is 5.11 Å². The largest absolute Gasteiger partial charge is 0.481 e. The second-order valence-corrected chi connectivity index (χ2v) is 7.59. The summed E-state index contributed by atoms with van der Waals surface area (Å²) in [5, 5.41) is 29.2. The third-order valence-corrected chi connectivity index (χ3v) is 5.02. The topological polar surface area (TPSA) is 94.8 Å². The normalized spacial score (nSPS) is 26.0. The molecule has 0 spiro atoms. The number of carboxylic acids is 1. The molecule has 0 aromatic heterocycles. The smallest absolute Gasteiger partial charge is 0.303 e. The minimum atomic E-state index is -0.930. The number of allylic oxidation sites excluding steroid dienone is 3. The molecule has 0 bridgehead atoms. The molecule has 1 aliphatic rings. The summed E-state index contributed by atoms with van der Waals surface area (Å²) in [6.45, 7) is 3.87. The molecule has 148 valence electrons. The average molecular weight is 366 g/mol. The van der Waals surface area contributed by atoms with Crippen molar-refractivity contribution in [2.45, 2.75) is 83.3 Å². The number of hydrogen-bond donors (Lipinski definition) is 3. The molecule has 0 amide bonds. The van der Waals surface area contributed by atoms with Gasteiger partial charge < -0.3 is 15.3 Å². The molecule has 0 aromatic carbocycles. The van der Waals surface area contributed by atoms with Crippen LogP contribution in [0.2, 0.25) is 0 Å². The molecule has 1 aliphatic carbocycles. The van der Waals surface area contributed by atoms with Crippen molar-refractivity contribution < 1.29 is 24.9 Å². The predicted octanol–water partition coefficient (Wildman–Crippen LogP) is 3.64. The van der Waals surface area contributed by atoms with Gasteiger partial charge >= 0.3 is 5.97 Å². The number of aliphatic hydroxyl groups is 2. The van der Waals surface area contributed by atoms with Crippen molar-refractivity contribution in [3.05, 3.63) is 24.3 Å². The van der Waals surface area contributed by atoms with Gasteiger partial charge in [-0.3, -0.25) is 9.59 Å². The summed E-state index contributed by atoms with van der Waals surface area (Å²) in [7, 11) is 0. The lowest BCUT2D eigenvalue weighted by molar-refractivity contribution is -0.137. The lowest BCUT2D eigenvalue weighted by Crippen LogP contribution is -2.23. The third-order valence-electron chi connectivity index (χ3n) is 5.02. The van der Waals surface area contributed by atoms with Crippen molar-refractivity contribution in [3.8, 4) is 0 Å². The summed E-state index contributed by atoms with van der Waals surface area (Å²) >= 11 is 0. The quantitative estimate of drug-likeness (QED) is 0.362. The second kappa shape index (κ2) is 11.3. The highest BCUT2D eigenvalue weighted by Crippen LogP contribution is 2.34. The van der Waals surface area contributed by atoms with Crippen LogP contribution in [0.1, 0.15) is 71.6 Å². The zero-order valence-corrected chi connectivity index (χ0v) is 16.1. The highest BCUT2D eigenvalue weighted by atomic mass is 16.4. The van der Waals surface area contributed by atoms with E-state index in [1.54, 1.807) is 19.1 Å². The van der Waals surface area contributed by atoms with Gasteiger partial charge in [0.15, 0.2) is 0 Å². The van der Waals surface area contributed by atoms with Crippen LogP contribution in [0.5, 0.6) is 0 Å². The van der Waals surface area contributed by atoms with Crippen LogP contribution in [0.25, 0.3) is 0 Å². The Labute approximate surface area is 156 Å². The van der Waals surface area contributed by atoms with Crippen molar-refractivity contribution in [3.63, 3.8) is 0 Å². The van der Waals surface area contributed by atoms with E-state index in [2.05, 4.69) is 6.92 Å². The zero-order valence-electron chi connectivity index (χ0n) is 16.1. The molecule has 3 N–H and O–H groups in total. The lowest BCUT2D eigenvalue weighted by Gasteiger charge is -2.21. The molecule has 5 nitrogen and oxygen atoms in total. The monoisotopic (exact) mass is 366 g/mol. The standard InChI is InChI=1S/C21H34O5/c1-3-4-9-13-21(2,26)14-12-17-16(18(22)15-19(17)23)10-7-5-6-8-11-20(24)25/h5,7,12,14,16-18,22,26H,3-4,6,8-11,13,15H2,1-2H3,(H,24,25)/b7-5-,14-12-/t16-,17-,18+,21+/m1/s1. The van der Waals surface area contributed by atoms with E-state index in [0.717, 1.165) is 19.3 Å². The fourth-order valence-electron chi connectivity index (χ4n) is 3.39. The minimum Gasteiger partial charge on any atom is -0.481 e. The number of unbranched alkanes of at least 4 members (excludes halogenated alkanes) is 3. The minimum absolute atomic E-state index is 0.0161. The molecule has 1 fully saturated rings. The van der Waals surface area contributed by atoms with Crippen LogP contribution < -0.4 is 0 Å². The Bertz CT molecular complexity index is 507. The van der Waals surface area contributed by atoms with Gasteiger partial charge in [-0.1, -0.05) is 50.5 Å². The van der Waals surface area contributed by atoms with E-state index < -0.39 is 17.7 Å². The molecule has 5 heteroatoms. The van der Waals surface area contributed by atoms with Crippen molar-refractivity contribution in [1.82, 2.24) is 0 Å². The number of carboxylic acid groups (broad SMARTS) is 1. The number of rotatable bonds is 12. The molecular weight excluding hydrogens is 332 g/mol. The molecule has 0 aliphatic heterocycles. The summed E-state index contributed by atoms with van der Waals surface area (Å²) in [6.07, 6.45) is 12.6. The van der Waals surface area contributed by atoms with Crippen LogP contribution in [-0.2, 0) is 9.59 Å². The molecule has 0 saturated heterocycles. The van der Waals surface area contributed by atoms with Crippen LogP contribution in [0.4, 0.5) is 0 Å². The first-order valence-corrected chi connectivity index (χ1v) is 9.76. The first kappa shape index (κ1) is 22.6. The molecule has 26 heavy (non-hydrogen) atoms. The summed E-state index contributed by atoms with van der Waals surface area (Å²) in [4.78, 5) is 22.7. The van der Waals surface area contributed by atoms with Crippen LogP contribution in [0.3, 0.4) is 0 Å². The van der Waals surface area contributed by atoms with Gasteiger partial charge in [0.1, 0.15) is 5.78 Å². The number of aliphatic carboxylic acids is 1. The van der Waals surface area contributed by atoms with Gasteiger partial charge in [-0.2, -0.15) is 0 Å². The summed E-state index contributed by atoms with van der Waals surface area (Å²) in [5.41, 5.74) is -0.930. The molecule has 0 unspecified atom stereocenters. The third kappa shape index (κ3) is 8.28. The van der Waals surface area contributed by atoms with E-state index in [1.165, 1.54) is 0 Å². The molecule has 1 rings (SSSR count). The number of carbonyl (C=O) groups is 2. The van der Waals surface area contributed by atoms with Crippen LogP contribution in [0.15, 0.2) is 24.3 Å². The maximum absolute atomic E-state index is 12.2. The Balaban J connectivity index is 2.58. The van der Waals surface area contributed by atoms with Crippen LogP contribution in [-0.4, -0.2) is 38.8 Å². The predicted molar refractivity (Wildman–Crippen MR) is 102 cm³/mol. The highest BCUT2D eigenvalue weighted by molar-refractivity contribution is 5.86. The van der Waals surface area contributed by atoms with E-state index >= 15 is 0 Å². The number of ketones is 1. The fraction of sp³-hybridized carbons (Fsp3) is 0.714. The van der Waals surface area contributed by atoms with Gasteiger partial charge in [-0.15, -0.1) is 0 Å². The van der Waals surface area contributed by atoms with Crippen LogP contribution in [0, 0.1) is 11.8 Å². The zero-order chi connectivity index (χ0) is 19.6. The van der Waals surface area contributed by atoms with Gasteiger partial charge in [0, 0.05) is 24.7 Å². The second-order valence-electron chi connectivity index (χ2n) is 7.59. The van der Waals surface area contributed by atoms with Gasteiger partial charge in [0.2, 0.25) is 0 Å². The van der Waals surface area contributed by atoms with Gasteiger partial charge in [-0.05, 0) is 32.6 Å². The van der Waals surface area contributed by atoms with Gasteiger partial charge in [0.05, 0.1) is 11.7 Å². The maximum Gasteiger partial charge on any atom is 0.303 e. The highest BCUT2D eigenvalue weighted by Gasteiger charge is 2.39. The fourth-order valence-corrected chi connectivity index (χ4v) is 3.39. The molecule has 4 atom stereocenters. The Morgan fingerprint density at radius 3 is 2.65 bits per heavy atom. The van der Waals surface area contributed by atoms with Crippen molar-refractivity contribution in [2.75, 3.05) is 0 Å². The average Bonchev–Trinajstić information content (AvgIpc) is 2.82. The molecule has 1 saturated carbocycles. The molecular formula is C21H34O5. The number of Topliss-reactive ketones (excluding diaryl/α,β-unsaturated/α-hetero) is 1. The lowest BCUT2D eigenvalue weighted by atomic mass is 9.88. The Morgan fingerprint density at radius 1 is 1.27 bits per heavy atom. The first-order valence-electron chi connectivity index (χ1n) is 9.76. The molecule has 0 radical (unpaired) electrons. The number of hydrogen-bond acceptors (Lipinski definition) is 4. The summed E-state index contributed by atoms with van der Waals surface area (Å²) < 4.78 is 0. The van der Waals surface area contributed by atoms with Crippen molar-refractivity contribution in [1.29, 1.82) is 0 Å². The molecule has 0 heterocycles. The number of aliphatic hydroxyl groups excluding tert-OH is 1. The van der Waals surface area contributed by atoms with Gasteiger partial charge in [0.25, 0.3) is 0 Å². The number of carbonyl (C=O) groups excluding carboxylic acids is 1. The van der Waals surface area contributed by atoms with Crippen molar-refractivity contribution in [2.24, 2.45) is 11.8 Å². The van der Waals surface area contributed by atoms with E-state index in [0.29, 0.717) is 25.7 Å². The van der Waals surface area contributed by atoms with Gasteiger partial charge in [-0.25, -0.2) is 0 Å². The van der Waals surface area contributed by atoms with E-state index in [9.17, 15) is 19.8 Å². The van der Waals surface area contributed by atoms with Crippen LogP contribution >= 0.6 is 0 Å².